The van der Waals surface area contributed by atoms with Gasteiger partial charge in [-0.15, -0.1) is 0 Å². The molecule has 1 aromatic heterocycles. The van der Waals surface area contributed by atoms with Crippen molar-refractivity contribution < 1.29 is 19.1 Å². The number of hydrogen-bond acceptors (Lipinski definition) is 7. The van der Waals surface area contributed by atoms with Gasteiger partial charge in [-0.1, -0.05) is 64.0 Å². The molecule has 2 rings (SSSR count). The van der Waals surface area contributed by atoms with Crippen LogP contribution in [0.3, 0.4) is 0 Å². The molecule has 0 radical (unpaired) electrons. The lowest BCUT2D eigenvalue weighted by Crippen LogP contribution is -2.35. The number of carbonyl (C=O) groups is 1. The largest absolute Gasteiger partial charge is 0.503 e. The van der Waals surface area contributed by atoms with E-state index in [9.17, 15) is 4.79 Å². The van der Waals surface area contributed by atoms with Crippen LogP contribution in [0.25, 0.3) is 5.57 Å². The van der Waals surface area contributed by atoms with Gasteiger partial charge in [0, 0.05) is 11.0 Å². The highest BCUT2D eigenvalue weighted by molar-refractivity contribution is 6.16. The van der Waals surface area contributed by atoms with Crippen LogP contribution >= 0.6 is 0 Å². The van der Waals surface area contributed by atoms with Gasteiger partial charge in [-0.3, -0.25) is 0 Å². The molecule has 0 amide bonds. The van der Waals surface area contributed by atoms with Crippen molar-refractivity contribution >= 4 is 17.3 Å². The van der Waals surface area contributed by atoms with E-state index in [1.807, 2.05) is 37.3 Å². The first-order valence-electron chi connectivity index (χ1n) is 10.4. The number of methoxy groups -OCH3 is 2. The molecular formula is C25H33N3O4. The van der Waals surface area contributed by atoms with E-state index >= 15 is 0 Å². The van der Waals surface area contributed by atoms with Gasteiger partial charge < -0.3 is 14.3 Å². The van der Waals surface area contributed by atoms with Crippen LogP contribution in [-0.2, 0) is 31.1 Å². The number of rotatable bonds is 8. The SMILES string of the molecule is CO/C=C(/C(=O)OC)c1ccccc1CO/N=C(\C)c1cc(C(C)(C)C(C)(C)C)ncn1. The molecule has 0 bridgehead atoms. The maximum absolute atomic E-state index is 12.2. The Morgan fingerprint density at radius 2 is 1.78 bits per heavy atom. The highest BCUT2D eigenvalue weighted by Crippen LogP contribution is 2.39. The minimum Gasteiger partial charge on any atom is -0.503 e. The van der Waals surface area contributed by atoms with Crippen LogP contribution in [0.15, 0.2) is 48.1 Å². The molecule has 0 aliphatic carbocycles. The third-order valence-electron chi connectivity index (χ3n) is 5.92. The second-order valence-electron chi connectivity index (χ2n) is 9.03. The van der Waals surface area contributed by atoms with Crippen LogP contribution in [0.1, 0.15) is 64.1 Å². The Morgan fingerprint density at radius 1 is 1.09 bits per heavy atom. The zero-order chi connectivity index (χ0) is 23.9. The summed E-state index contributed by atoms with van der Waals surface area (Å²) in [7, 11) is 2.81. The Bertz CT molecular complexity index is 1000. The molecule has 0 aliphatic rings. The maximum Gasteiger partial charge on any atom is 0.341 e. The zero-order valence-electron chi connectivity index (χ0n) is 20.2. The summed E-state index contributed by atoms with van der Waals surface area (Å²) < 4.78 is 9.92. The number of carbonyl (C=O) groups excluding carboxylic acids is 1. The third-order valence-corrected chi connectivity index (χ3v) is 5.92. The van der Waals surface area contributed by atoms with Crippen LogP contribution in [0, 0.1) is 5.41 Å². The molecule has 0 N–H and O–H groups in total. The van der Waals surface area contributed by atoms with Crippen molar-refractivity contribution in [3.05, 3.63) is 65.4 Å². The molecule has 0 unspecified atom stereocenters. The normalized spacial score (nSPS) is 13.0. The first-order valence-corrected chi connectivity index (χ1v) is 10.4. The Hall–Kier alpha value is -3.22. The summed E-state index contributed by atoms with van der Waals surface area (Å²) in [5.41, 5.74) is 3.90. The lowest BCUT2D eigenvalue weighted by atomic mass is 9.67. The van der Waals surface area contributed by atoms with E-state index in [1.165, 1.54) is 20.5 Å². The van der Waals surface area contributed by atoms with Crippen molar-refractivity contribution in [2.45, 2.75) is 53.6 Å². The zero-order valence-corrected chi connectivity index (χ0v) is 20.2. The van der Waals surface area contributed by atoms with E-state index in [1.54, 1.807) is 6.33 Å². The van der Waals surface area contributed by atoms with Crippen molar-refractivity contribution in [1.29, 1.82) is 0 Å². The second-order valence-corrected chi connectivity index (χ2v) is 9.03. The predicted octanol–water partition coefficient (Wildman–Crippen LogP) is 4.90. The third kappa shape index (κ3) is 5.72. The number of benzene rings is 1. The molecular weight excluding hydrogens is 406 g/mol. The molecule has 1 heterocycles. The molecule has 7 heteroatoms. The minimum atomic E-state index is -0.492. The Morgan fingerprint density at radius 3 is 2.41 bits per heavy atom. The van der Waals surface area contributed by atoms with Crippen molar-refractivity contribution in [2.24, 2.45) is 10.6 Å². The highest BCUT2D eigenvalue weighted by Gasteiger charge is 2.36. The molecule has 1 aromatic carbocycles. The van der Waals surface area contributed by atoms with E-state index in [2.05, 4.69) is 49.7 Å². The van der Waals surface area contributed by atoms with Crippen LogP contribution in [-0.4, -0.2) is 35.9 Å². The average Bonchev–Trinajstić information content (AvgIpc) is 2.76. The summed E-state index contributed by atoms with van der Waals surface area (Å²) in [5.74, 6) is -0.492. The number of nitrogens with zero attached hydrogens (tertiary/aromatic N) is 3. The molecule has 0 aliphatic heterocycles. The van der Waals surface area contributed by atoms with Gasteiger partial charge >= 0.3 is 5.97 Å². The molecule has 2 aromatic rings. The van der Waals surface area contributed by atoms with Crippen molar-refractivity contribution in [3.8, 4) is 0 Å². The number of esters is 1. The summed E-state index contributed by atoms with van der Waals surface area (Å²) in [6, 6.07) is 9.33. The van der Waals surface area contributed by atoms with Crippen LogP contribution in [0.2, 0.25) is 0 Å². The smallest absolute Gasteiger partial charge is 0.341 e. The first-order chi connectivity index (χ1) is 15.0. The molecule has 172 valence electrons. The molecule has 0 saturated carbocycles. The van der Waals surface area contributed by atoms with Gasteiger partial charge in [0.15, 0.2) is 0 Å². The number of oxime groups is 1. The fourth-order valence-corrected chi connectivity index (χ4v) is 2.88. The standard InChI is InChI=1S/C25H33N3O4/c1-17(21-13-22(27-16-26-21)25(5,6)24(2,3)4)28-32-14-18-11-9-10-12-19(18)20(15-30-7)23(29)31-8/h9-13,15-16H,14H2,1-8H3/b20-15+,28-17+. The van der Waals surface area contributed by atoms with Crippen molar-refractivity contribution in [2.75, 3.05) is 14.2 Å². The summed E-state index contributed by atoms with van der Waals surface area (Å²) >= 11 is 0. The molecule has 0 atom stereocenters. The fraction of sp³-hybridized carbons (Fsp3) is 0.440. The van der Waals surface area contributed by atoms with Gasteiger partial charge in [-0.05, 0) is 24.0 Å². The van der Waals surface area contributed by atoms with Gasteiger partial charge in [0.05, 0.1) is 31.9 Å². The topological polar surface area (TPSA) is 82.9 Å². The Labute approximate surface area is 190 Å². The van der Waals surface area contributed by atoms with Gasteiger partial charge in [-0.25, -0.2) is 14.8 Å². The Kier molecular flexibility index (Phi) is 8.14. The molecule has 7 nitrogen and oxygen atoms in total. The first kappa shape index (κ1) is 25.0. The van der Waals surface area contributed by atoms with E-state index < -0.39 is 5.97 Å². The summed E-state index contributed by atoms with van der Waals surface area (Å²) in [5, 5.41) is 4.25. The minimum absolute atomic E-state index is 0.0247. The van der Waals surface area contributed by atoms with E-state index in [4.69, 9.17) is 14.3 Å². The van der Waals surface area contributed by atoms with Crippen LogP contribution in [0.5, 0.6) is 0 Å². The maximum atomic E-state index is 12.2. The monoisotopic (exact) mass is 439 g/mol. The lowest BCUT2D eigenvalue weighted by Gasteiger charge is -2.38. The van der Waals surface area contributed by atoms with Crippen LogP contribution < -0.4 is 0 Å². The van der Waals surface area contributed by atoms with Crippen molar-refractivity contribution in [1.82, 2.24) is 9.97 Å². The summed E-state index contributed by atoms with van der Waals surface area (Å²) in [6.07, 6.45) is 2.92. The lowest BCUT2D eigenvalue weighted by molar-refractivity contribution is -0.133. The van der Waals surface area contributed by atoms with Crippen molar-refractivity contribution in [3.63, 3.8) is 0 Å². The van der Waals surface area contributed by atoms with E-state index in [0.29, 0.717) is 22.5 Å². The quantitative estimate of drug-likeness (QED) is 0.191. The Balaban J connectivity index is 2.24. The van der Waals surface area contributed by atoms with E-state index in [0.717, 1.165) is 11.3 Å². The van der Waals surface area contributed by atoms with Crippen LogP contribution in [0.4, 0.5) is 0 Å². The number of aromatic nitrogens is 2. The molecule has 0 spiro atoms. The summed E-state index contributed by atoms with van der Waals surface area (Å²) in [4.78, 5) is 26.6. The molecule has 32 heavy (non-hydrogen) atoms. The molecule has 0 fully saturated rings. The van der Waals surface area contributed by atoms with Gasteiger partial charge in [-0.2, -0.15) is 0 Å². The van der Waals surface area contributed by atoms with Gasteiger partial charge in [0.1, 0.15) is 24.2 Å². The number of hydrogen-bond donors (Lipinski definition) is 0. The molecule has 0 saturated heterocycles. The number of ether oxygens (including phenoxy) is 2. The second kappa shape index (κ2) is 10.4. The average molecular weight is 440 g/mol. The van der Waals surface area contributed by atoms with Gasteiger partial charge in [0.25, 0.3) is 0 Å². The fourth-order valence-electron chi connectivity index (χ4n) is 2.88. The summed E-state index contributed by atoms with van der Waals surface area (Å²) in [6.45, 7) is 12.9. The highest BCUT2D eigenvalue weighted by atomic mass is 16.6. The van der Waals surface area contributed by atoms with Gasteiger partial charge in [0.2, 0.25) is 0 Å². The predicted molar refractivity (Wildman–Crippen MR) is 125 cm³/mol. The van der Waals surface area contributed by atoms with E-state index in [-0.39, 0.29) is 17.4 Å².